The molecule has 1 unspecified atom stereocenters. The topological polar surface area (TPSA) is 35.2 Å². The summed E-state index contributed by atoms with van der Waals surface area (Å²) in [7, 11) is 1.76. The molecule has 1 rings (SSSR count). The maximum absolute atomic E-state index is 6.09. The number of hydrogen-bond acceptors (Lipinski definition) is 2. The predicted octanol–water partition coefficient (Wildman–Crippen LogP) is 1.69. The first-order valence-electron chi connectivity index (χ1n) is 4.99. The second kappa shape index (κ2) is 4.64. The molecule has 0 aromatic rings. The summed E-state index contributed by atoms with van der Waals surface area (Å²) in [6.07, 6.45) is 11.5. The van der Waals surface area contributed by atoms with Crippen LogP contribution in [0, 0.1) is 12.3 Å². The van der Waals surface area contributed by atoms with E-state index >= 15 is 0 Å². The van der Waals surface area contributed by atoms with Gasteiger partial charge in [-0.1, -0.05) is 12.8 Å². The molecule has 0 heterocycles. The van der Waals surface area contributed by atoms with Crippen LogP contribution >= 0.6 is 0 Å². The molecule has 13 heavy (non-hydrogen) atoms. The largest absolute Gasteiger partial charge is 0.377 e. The van der Waals surface area contributed by atoms with E-state index in [0.717, 1.165) is 25.7 Å². The number of nitrogens with two attached hydrogens (primary N) is 1. The van der Waals surface area contributed by atoms with Crippen LogP contribution < -0.4 is 5.73 Å². The van der Waals surface area contributed by atoms with Crippen molar-refractivity contribution in [2.45, 2.75) is 50.2 Å². The molecule has 0 spiro atoms. The third-order valence-corrected chi connectivity index (χ3v) is 3.13. The van der Waals surface area contributed by atoms with Gasteiger partial charge in [-0.3, -0.25) is 0 Å². The van der Waals surface area contributed by atoms with Crippen molar-refractivity contribution >= 4 is 0 Å². The van der Waals surface area contributed by atoms with E-state index in [0.29, 0.717) is 0 Å². The van der Waals surface area contributed by atoms with E-state index in [9.17, 15) is 0 Å². The van der Waals surface area contributed by atoms with Gasteiger partial charge in [0.15, 0.2) is 0 Å². The molecule has 0 bridgehead atoms. The van der Waals surface area contributed by atoms with Crippen molar-refractivity contribution in [1.29, 1.82) is 0 Å². The number of methoxy groups -OCH3 is 1. The minimum atomic E-state index is -0.0726. The first-order chi connectivity index (χ1) is 6.25. The highest BCUT2D eigenvalue weighted by Gasteiger charge is 2.38. The summed E-state index contributed by atoms with van der Waals surface area (Å²) >= 11 is 0. The van der Waals surface area contributed by atoms with Crippen molar-refractivity contribution in [3.63, 3.8) is 0 Å². The van der Waals surface area contributed by atoms with Gasteiger partial charge in [0, 0.05) is 19.6 Å². The molecule has 0 aromatic carbocycles. The van der Waals surface area contributed by atoms with Crippen molar-refractivity contribution in [3.8, 4) is 12.3 Å². The van der Waals surface area contributed by atoms with E-state index in [2.05, 4.69) is 5.92 Å². The summed E-state index contributed by atoms with van der Waals surface area (Å²) in [6.45, 7) is 0. The molecule has 0 amide bonds. The predicted molar refractivity (Wildman–Crippen MR) is 54.3 cm³/mol. The van der Waals surface area contributed by atoms with Crippen LogP contribution in [0.4, 0.5) is 0 Å². The van der Waals surface area contributed by atoms with Gasteiger partial charge in [-0.15, -0.1) is 12.3 Å². The summed E-state index contributed by atoms with van der Waals surface area (Å²) in [4.78, 5) is 0. The number of ether oxygens (including phenoxy) is 1. The van der Waals surface area contributed by atoms with Crippen molar-refractivity contribution < 1.29 is 4.74 Å². The lowest BCUT2D eigenvalue weighted by atomic mass is 9.89. The average Bonchev–Trinajstić information content (AvgIpc) is 2.63. The smallest absolute Gasteiger partial charge is 0.0829 e. The highest BCUT2D eigenvalue weighted by molar-refractivity contribution is 4.97. The molecular formula is C11H19NO. The third kappa shape index (κ3) is 2.24. The Balaban J connectivity index is 2.50. The zero-order chi connectivity index (χ0) is 9.73. The molecule has 0 aromatic heterocycles. The van der Waals surface area contributed by atoms with E-state index < -0.39 is 0 Å². The van der Waals surface area contributed by atoms with E-state index in [-0.39, 0.29) is 11.6 Å². The fraction of sp³-hybridized carbons (Fsp3) is 0.818. The minimum Gasteiger partial charge on any atom is -0.377 e. The van der Waals surface area contributed by atoms with Gasteiger partial charge in [0.25, 0.3) is 0 Å². The van der Waals surface area contributed by atoms with Crippen LogP contribution in [0.1, 0.15) is 38.5 Å². The van der Waals surface area contributed by atoms with Gasteiger partial charge in [0.2, 0.25) is 0 Å². The van der Waals surface area contributed by atoms with Crippen LogP contribution in [-0.4, -0.2) is 18.8 Å². The molecule has 2 heteroatoms. The number of terminal acetylenes is 1. The molecule has 0 aliphatic heterocycles. The molecular weight excluding hydrogens is 162 g/mol. The van der Waals surface area contributed by atoms with Gasteiger partial charge in [-0.25, -0.2) is 0 Å². The molecule has 0 radical (unpaired) electrons. The van der Waals surface area contributed by atoms with Gasteiger partial charge < -0.3 is 10.5 Å². The Labute approximate surface area is 80.8 Å². The molecule has 2 N–H and O–H groups in total. The van der Waals surface area contributed by atoms with Crippen LogP contribution in [-0.2, 0) is 4.74 Å². The van der Waals surface area contributed by atoms with Gasteiger partial charge in [0.1, 0.15) is 0 Å². The highest BCUT2D eigenvalue weighted by Crippen LogP contribution is 2.36. The van der Waals surface area contributed by atoms with Crippen LogP contribution in [0.5, 0.6) is 0 Å². The third-order valence-electron chi connectivity index (χ3n) is 3.13. The van der Waals surface area contributed by atoms with Gasteiger partial charge in [0.05, 0.1) is 5.60 Å². The molecule has 1 atom stereocenters. The van der Waals surface area contributed by atoms with E-state index in [1.807, 2.05) is 0 Å². The van der Waals surface area contributed by atoms with Crippen LogP contribution in [0.3, 0.4) is 0 Å². The zero-order valence-electron chi connectivity index (χ0n) is 8.38. The Hall–Kier alpha value is -0.520. The van der Waals surface area contributed by atoms with Crippen molar-refractivity contribution in [3.05, 3.63) is 0 Å². The minimum absolute atomic E-state index is 0.0726. The van der Waals surface area contributed by atoms with Crippen molar-refractivity contribution in [2.75, 3.05) is 7.11 Å². The Morgan fingerprint density at radius 3 is 2.62 bits per heavy atom. The van der Waals surface area contributed by atoms with Crippen LogP contribution in [0.2, 0.25) is 0 Å². The monoisotopic (exact) mass is 181 g/mol. The Kier molecular flexibility index (Phi) is 3.77. The second-order valence-corrected chi connectivity index (χ2v) is 3.83. The zero-order valence-corrected chi connectivity index (χ0v) is 8.38. The molecule has 74 valence electrons. The lowest BCUT2D eigenvalue weighted by Crippen LogP contribution is -2.47. The quantitative estimate of drug-likeness (QED) is 0.670. The lowest BCUT2D eigenvalue weighted by Gasteiger charge is -2.33. The van der Waals surface area contributed by atoms with Crippen LogP contribution in [0.25, 0.3) is 0 Å². The maximum atomic E-state index is 6.09. The SMILES string of the molecule is C#CCCC(N)C1(OC)CCCC1. The summed E-state index contributed by atoms with van der Waals surface area (Å²) in [5.41, 5.74) is 6.02. The number of hydrogen-bond donors (Lipinski definition) is 1. The molecule has 0 saturated heterocycles. The molecule has 1 saturated carbocycles. The van der Waals surface area contributed by atoms with Crippen molar-refractivity contribution in [1.82, 2.24) is 0 Å². The Morgan fingerprint density at radius 1 is 1.54 bits per heavy atom. The van der Waals surface area contributed by atoms with Crippen LogP contribution in [0.15, 0.2) is 0 Å². The van der Waals surface area contributed by atoms with E-state index in [4.69, 9.17) is 16.9 Å². The molecule has 1 aliphatic carbocycles. The Morgan fingerprint density at radius 2 is 2.15 bits per heavy atom. The fourth-order valence-corrected chi connectivity index (χ4v) is 2.20. The average molecular weight is 181 g/mol. The summed E-state index contributed by atoms with van der Waals surface area (Å²) < 4.78 is 5.56. The lowest BCUT2D eigenvalue weighted by molar-refractivity contribution is -0.0270. The fourth-order valence-electron chi connectivity index (χ4n) is 2.20. The van der Waals surface area contributed by atoms with Crippen molar-refractivity contribution in [2.24, 2.45) is 5.73 Å². The first-order valence-corrected chi connectivity index (χ1v) is 4.99. The van der Waals surface area contributed by atoms with E-state index in [1.165, 1.54) is 12.8 Å². The second-order valence-electron chi connectivity index (χ2n) is 3.83. The van der Waals surface area contributed by atoms with Gasteiger partial charge >= 0.3 is 0 Å². The standard InChI is InChI=1S/C11H19NO/c1-3-4-7-10(12)11(13-2)8-5-6-9-11/h1,10H,4-9,12H2,2H3. The Bertz CT molecular complexity index is 189. The first kappa shape index (κ1) is 10.6. The summed E-state index contributed by atoms with van der Waals surface area (Å²) in [5, 5.41) is 0. The highest BCUT2D eigenvalue weighted by atomic mass is 16.5. The summed E-state index contributed by atoms with van der Waals surface area (Å²) in [6, 6.07) is 0.107. The summed E-state index contributed by atoms with van der Waals surface area (Å²) in [5.74, 6) is 2.63. The van der Waals surface area contributed by atoms with Gasteiger partial charge in [-0.2, -0.15) is 0 Å². The van der Waals surface area contributed by atoms with Gasteiger partial charge in [-0.05, 0) is 19.3 Å². The molecule has 2 nitrogen and oxygen atoms in total. The molecule has 1 aliphatic rings. The normalized spacial score (nSPS) is 22.5. The maximum Gasteiger partial charge on any atom is 0.0829 e. The molecule has 1 fully saturated rings. The number of rotatable bonds is 4. The van der Waals surface area contributed by atoms with E-state index in [1.54, 1.807) is 7.11 Å².